The van der Waals surface area contributed by atoms with Crippen LogP contribution in [0.2, 0.25) is 0 Å². The third kappa shape index (κ3) is 8.56. The number of nitrogens with two attached hydrogens (primary N) is 1. The molecule has 0 saturated carbocycles. The van der Waals surface area contributed by atoms with Crippen LogP contribution in [0.5, 0.6) is 0 Å². The number of nitrogens with zero attached hydrogens (tertiary/aromatic N) is 3. The second kappa shape index (κ2) is 15.6. The van der Waals surface area contributed by atoms with Crippen molar-refractivity contribution in [3.63, 3.8) is 0 Å². The van der Waals surface area contributed by atoms with Gasteiger partial charge in [0, 0.05) is 24.0 Å². The Hall–Kier alpha value is -3.88. The van der Waals surface area contributed by atoms with Crippen molar-refractivity contribution in [2.24, 2.45) is 10.7 Å². The third-order valence-corrected chi connectivity index (χ3v) is 5.71. The van der Waals surface area contributed by atoms with Crippen LogP contribution in [0.4, 0.5) is 14.6 Å². The molecule has 1 saturated heterocycles. The molecule has 1 aromatic heterocycles. The van der Waals surface area contributed by atoms with Crippen molar-refractivity contribution in [2.75, 3.05) is 18.5 Å². The number of rotatable bonds is 10. The molecule has 0 radical (unpaired) electrons. The molecule has 1 aromatic carbocycles. The lowest BCUT2D eigenvalue weighted by Gasteiger charge is -2.23. The summed E-state index contributed by atoms with van der Waals surface area (Å²) in [6.07, 6.45) is 4.92. The SMILES string of the molecule is C#CC(Nc1nc(C)nc(CC(=O)N/C(C=NC(C)C)=C/N)c1C1OCCO1)c1cccc(C(F)F)c1C.CC. The van der Waals surface area contributed by atoms with Gasteiger partial charge < -0.3 is 25.8 Å². The van der Waals surface area contributed by atoms with Gasteiger partial charge >= 0.3 is 0 Å². The lowest BCUT2D eigenvalue weighted by atomic mass is 9.97. The summed E-state index contributed by atoms with van der Waals surface area (Å²) in [7, 11) is 0. The number of aliphatic imine (C=N–C) groups is 1. The molecule has 4 N–H and O–H groups in total. The highest BCUT2D eigenvalue weighted by Crippen LogP contribution is 2.35. The first-order chi connectivity index (χ1) is 19.1. The van der Waals surface area contributed by atoms with Gasteiger partial charge in [-0.25, -0.2) is 18.7 Å². The van der Waals surface area contributed by atoms with Gasteiger partial charge in [-0.3, -0.25) is 9.79 Å². The zero-order valence-electron chi connectivity index (χ0n) is 23.8. The standard InChI is InChI=1S/C27H32F2N6O3.C2H6/c1-6-21(19-8-7-9-20(16(19)4)25(28)29)35-26-24(27-37-10-11-38-27)22(32-17(5)33-26)12-23(36)34-18(13-30)14-31-15(2)3;1-2/h1,7-9,13-15,21,25,27H,10-12,30H2,2-5H3,(H,34,36)(H,32,33,35);1-2H3/b18-13+,31-14?;. The molecule has 1 amide bonds. The summed E-state index contributed by atoms with van der Waals surface area (Å²) in [5.74, 6) is 2.87. The molecule has 0 aliphatic carbocycles. The second-order valence-electron chi connectivity index (χ2n) is 8.88. The Bertz CT molecular complexity index is 1250. The maximum atomic E-state index is 13.5. The number of alkyl halides is 2. The van der Waals surface area contributed by atoms with Gasteiger partial charge in [0.2, 0.25) is 5.91 Å². The number of amides is 1. The minimum atomic E-state index is -2.64. The van der Waals surface area contributed by atoms with Crippen LogP contribution in [0.25, 0.3) is 0 Å². The van der Waals surface area contributed by atoms with Crippen LogP contribution >= 0.6 is 0 Å². The average Bonchev–Trinajstić information content (AvgIpc) is 3.45. The Morgan fingerprint density at radius 2 is 1.88 bits per heavy atom. The molecule has 1 unspecified atom stereocenters. The van der Waals surface area contributed by atoms with Gasteiger partial charge in [0.1, 0.15) is 17.7 Å². The van der Waals surface area contributed by atoms with Crippen LogP contribution in [-0.4, -0.2) is 41.3 Å². The minimum absolute atomic E-state index is 0.0254. The first kappa shape index (κ1) is 32.3. The van der Waals surface area contributed by atoms with E-state index in [-0.39, 0.29) is 23.8 Å². The fraction of sp³-hybridized carbons (Fsp3) is 0.448. The summed E-state index contributed by atoms with van der Waals surface area (Å²) in [4.78, 5) is 26.1. The van der Waals surface area contributed by atoms with E-state index in [9.17, 15) is 13.6 Å². The van der Waals surface area contributed by atoms with Crippen molar-refractivity contribution < 1.29 is 23.0 Å². The van der Waals surface area contributed by atoms with Gasteiger partial charge in [0.25, 0.3) is 6.43 Å². The number of ether oxygens (including phenoxy) is 2. The fourth-order valence-electron chi connectivity index (χ4n) is 3.93. The molecule has 3 rings (SSSR count). The van der Waals surface area contributed by atoms with Crippen molar-refractivity contribution in [3.8, 4) is 12.3 Å². The summed E-state index contributed by atoms with van der Waals surface area (Å²) < 4.78 is 38.5. The van der Waals surface area contributed by atoms with Gasteiger partial charge in [-0.1, -0.05) is 38.0 Å². The lowest BCUT2D eigenvalue weighted by molar-refractivity contribution is -0.119. The Labute approximate surface area is 234 Å². The van der Waals surface area contributed by atoms with E-state index in [1.807, 2.05) is 27.7 Å². The molecule has 1 aliphatic heterocycles. The molecule has 0 bridgehead atoms. The minimum Gasteiger partial charge on any atom is -0.403 e. The normalized spacial score (nSPS) is 14.7. The van der Waals surface area contributed by atoms with Crippen molar-refractivity contribution in [1.82, 2.24) is 15.3 Å². The van der Waals surface area contributed by atoms with E-state index in [0.717, 1.165) is 0 Å². The monoisotopic (exact) mass is 556 g/mol. The number of halogens is 2. The Balaban J connectivity index is 0.00000274. The Morgan fingerprint density at radius 1 is 1.23 bits per heavy atom. The topological polar surface area (TPSA) is 124 Å². The third-order valence-electron chi connectivity index (χ3n) is 5.71. The Morgan fingerprint density at radius 3 is 2.45 bits per heavy atom. The molecule has 1 atom stereocenters. The van der Waals surface area contributed by atoms with E-state index >= 15 is 0 Å². The second-order valence-corrected chi connectivity index (χ2v) is 8.88. The van der Waals surface area contributed by atoms with E-state index < -0.39 is 24.7 Å². The summed E-state index contributed by atoms with van der Waals surface area (Å²) in [6.45, 7) is 11.7. The molecule has 1 fully saturated rings. The van der Waals surface area contributed by atoms with Gasteiger partial charge in [-0.15, -0.1) is 6.42 Å². The highest BCUT2D eigenvalue weighted by molar-refractivity contribution is 5.89. The number of allylic oxidation sites excluding steroid dienone is 1. The lowest BCUT2D eigenvalue weighted by Crippen LogP contribution is -2.28. The quantitative estimate of drug-likeness (QED) is 0.283. The van der Waals surface area contributed by atoms with Gasteiger partial charge in [-0.2, -0.15) is 0 Å². The van der Waals surface area contributed by atoms with Gasteiger partial charge in [-0.05, 0) is 38.8 Å². The van der Waals surface area contributed by atoms with Crippen molar-refractivity contribution in [3.05, 3.63) is 63.9 Å². The van der Waals surface area contributed by atoms with Crippen LogP contribution in [0.1, 0.15) is 80.2 Å². The van der Waals surface area contributed by atoms with Crippen LogP contribution in [0.15, 0.2) is 35.1 Å². The van der Waals surface area contributed by atoms with Crippen LogP contribution in [0.3, 0.4) is 0 Å². The number of carbonyl (C=O) groups excluding carboxylic acids is 1. The molecule has 0 spiro atoms. The smallest absolute Gasteiger partial charge is 0.264 e. The number of carbonyl (C=O) groups is 1. The van der Waals surface area contributed by atoms with Crippen molar-refractivity contribution in [1.29, 1.82) is 0 Å². The van der Waals surface area contributed by atoms with Crippen LogP contribution in [0, 0.1) is 26.2 Å². The highest BCUT2D eigenvalue weighted by atomic mass is 19.3. The number of anilines is 1. The molecule has 216 valence electrons. The van der Waals surface area contributed by atoms with Gasteiger partial charge in [0.05, 0.1) is 36.6 Å². The first-order valence-electron chi connectivity index (χ1n) is 13.1. The molecule has 11 heteroatoms. The number of aryl methyl sites for hydroxylation is 1. The summed E-state index contributed by atoms with van der Waals surface area (Å²) in [5, 5.41) is 5.87. The molecule has 2 heterocycles. The van der Waals surface area contributed by atoms with E-state index in [2.05, 4.69) is 31.5 Å². The summed E-state index contributed by atoms with van der Waals surface area (Å²) in [5.41, 5.74) is 7.51. The zero-order chi connectivity index (χ0) is 29.8. The highest BCUT2D eigenvalue weighted by Gasteiger charge is 2.29. The Kier molecular flexibility index (Phi) is 12.6. The average molecular weight is 557 g/mol. The largest absolute Gasteiger partial charge is 0.403 e. The van der Waals surface area contributed by atoms with Crippen LogP contribution in [-0.2, 0) is 20.7 Å². The summed E-state index contributed by atoms with van der Waals surface area (Å²) >= 11 is 0. The van der Waals surface area contributed by atoms with E-state index in [1.54, 1.807) is 19.9 Å². The number of terminal acetylenes is 1. The maximum absolute atomic E-state index is 13.5. The van der Waals surface area contributed by atoms with Crippen molar-refractivity contribution in [2.45, 2.75) is 72.8 Å². The predicted molar refractivity (Wildman–Crippen MR) is 152 cm³/mol. The number of benzene rings is 1. The molecule has 1 aliphatic rings. The summed E-state index contributed by atoms with van der Waals surface area (Å²) in [6, 6.07) is 3.81. The van der Waals surface area contributed by atoms with E-state index in [1.165, 1.54) is 24.5 Å². The fourth-order valence-corrected chi connectivity index (χ4v) is 3.93. The van der Waals surface area contributed by atoms with Gasteiger partial charge in [0.15, 0.2) is 6.29 Å². The number of aromatic nitrogens is 2. The maximum Gasteiger partial charge on any atom is 0.264 e. The zero-order valence-corrected chi connectivity index (χ0v) is 23.8. The number of nitrogens with one attached hydrogen (secondary N) is 2. The van der Waals surface area contributed by atoms with Crippen LogP contribution < -0.4 is 16.4 Å². The molecule has 40 heavy (non-hydrogen) atoms. The first-order valence-corrected chi connectivity index (χ1v) is 13.1. The van der Waals surface area contributed by atoms with E-state index in [4.69, 9.17) is 21.6 Å². The predicted octanol–water partition coefficient (Wildman–Crippen LogP) is 4.83. The molecular formula is C29H38F2N6O3. The molecule has 9 nitrogen and oxygen atoms in total. The molecule has 2 aromatic rings. The van der Waals surface area contributed by atoms with Crippen molar-refractivity contribution >= 4 is 17.9 Å². The van der Waals surface area contributed by atoms with E-state index in [0.29, 0.717) is 47.1 Å². The number of hydrogen-bond acceptors (Lipinski definition) is 8. The molecular weight excluding hydrogens is 518 g/mol. The number of hydrogen-bond donors (Lipinski definition) is 3.